The van der Waals surface area contributed by atoms with Gasteiger partial charge in [-0.15, -0.1) is 6.58 Å². The van der Waals surface area contributed by atoms with Crippen LogP contribution in [0, 0.1) is 0 Å². The minimum absolute atomic E-state index is 0.0744. The molecule has 7 atom stereocenters. The molecule has 524 valence electrons. The second-order valence-corrected chi connectivity index (χ2v) is 27.9. The van der Waals surface area contributed by atoms with E-state index in [4.69, 9.17) is 37.7 Å². The number of carbonyl (C=O) groups is 3. The second kappa shape index (κ2) is 48.6. The number of amides is 1. The smallest absolute Gasteiger partial charge is 0.377 e. The van der Waals surface area contributed by atoms with E-state index in [9.17, 15) is 4.79 Å². The largest absolute Gasteiger partial charge is 0.457 e. The van der Waals surface area contributed by atoms with Gasteiger partial charge in [-0.25, -0.2) is 4.79 Å². The number of esters is 2. The summed E-state index contributed by atoms with van der Waals surface area (Å²) < 4.78 is 99.6. The summed E-state index contributed by atoms with van der Waals surface area (Å²) >= 11 is 0. The Balaban J connectivity index is 1.51. The van der Waals surface area contributed by atoms with Crippen molar-refractivity contribution >= 4 is 35.8 Å². The van der Waals surface area contributed by atoms with Gasteiger partial charge < -0.3 is 43.0 Å². The van der Waals surface area contributed by atoms with Gasteiger partial charge in [-0.05, 0) is 61.1 Å². The summed E-state index contributed by atoms with van der Waals surface area (Å²) in [6, 6.07) is 35.3. The zero-order valence-corrected chi connectivity index (χ0v) is 58.2. The average molecular weight is 1330 g/mol. The van der Waals surface area contributed by atoms with Gasteiger partial charge in [-0.1, -0.05) is 291 Å². The fourth-order valence-electron chi connectivity index (χ4n) is 12.0. The van der Waals surface area contributed by atoms with Crippen LogP contribution in [-0.2, 0) is 69.8 Å². The summed E-state index contributed by atoms with van der Waals surface area (Å²) in [5, 5.41) is 3.77. The number of nitrogens with one attached hydrogen (secondary N) is 1. The van der Waals surface area contributed by atoms with Crippen molar-refractivity contribution in [3.8, 4) is 0 Å². The van der Waals surface area contributed by atoms with E-state index in [1.807, 2.05) is 60.7 Å². The van der Waals surface area contributed by atoms with Crippen LogP contribution in [0.3, 0.4) is 0 Å². The molecule has 1 saturated heterocycles. The van der Waals surface area contributed by atoms with Crippen LogP contribution in [0.25, 0.3) is 0 Å². The summed E-state index contributed by atoms with van der Waals surface area (Å²) in [4.78, 5) is 43.9. The third-order valence-corrected chi connectivity index (χ3v) is 20.0. The normalized spacial score (nSPS) is 17.3. The number of hydrogen-bond donors (Lipinski definition) is 1. The first kappa shape index (κ1) is 79.6. The number of benzene rings is 4. The number of hydrogen-bond acceptors (Lipinski definition) is 12. The van der Waals surface area contributed by atoms with Crippen LogP contribution in [0.4, 0.5) is 8.78 Å². The molecule has 4 aromatic carbocycles. The molecule has 0 bridgehead atoms. The van der Waals surface area contributed by atoms with Crippen molar-refractivity contribution in [2.75, 3.05) is 20.0 Å². The van der Waals surface area contributed by atoms with Gasteiger partial charge in [-0.2, -0.15) is 8.78 Å². The Morgan fingerprint density at radius 2 is 1.01 bits per heavy atom. The van der Waals surface area contributed by atoms with Crippen molar-refractivity contribution in [1.82, 2.24) is 5.32 Å². The lowest BCUT2D eigenvalue weighted by Gasteiger charge is -2.46. The molecule has 0 aliphatic carbocycles. The van der Waals surface area contributed by atoms with Gasteiger partial charge in [0.05, 0.1) is 45.4 Å². The monoisotopic (exact) mass is 1330 g/mol. The van der Waals surface area contributed by atoms with E-state index in [0.717, 1.165) is 101 Å². The van der Waals surface area contributed by atoms with E-state index in [-0.39, 0.29) is 52.5 Å². The van der Waals surface area contributed by atoms with Gasteiger partial charge >= 0.3 is 17.9 Å². The number of rotatable bonds is 55. The molecule has 94 heavy (non-hydrogen) atoms. The maximum absolute atomic E-state index is 16.2. The van der Waals surface area contributed by atoms with Crippen molar-refractivity contribution in [2.24, 2.45) is 0 Å². The molecule has 13 nitrogen and oxygen atoms in total. The zero-order chi connectivity index (χ0) is 67.2. The van der Waals surface area contributed by atoms with E-state index in [2.05, 4.69) is 32.7 Å². The third kappa shape index (κ3) is 31.8. The summed E-state index contributed by atoms with van der Waals surface area (Å²) in [6.45, 7) is 10.4. The Bertz CT molecular complexity index is 2600. The SMILES string of the molecule is C=CCO[C@H]1O[C@H](COCOCc2ccccc2)[C@@H](OP(=O)(c2ccccc2)c2ccccc2)[C@H](OC(=O)C[C@@H](CCCCCCCCCCC)OC(=O)C(F)(F)CCCCCCCCCCCC)[C@H]1NC(=O)C[C@@H](CCCCCCCCCCC)OCc1ccccc1. The van der Waals surface area contributed by atoms with Crippen LogP contribution in [0.2, 0.25) is 0 Å². The van der Waals surface area contributed by atoms with Gasteiger partial charge in [-0.3, -0.25) is 14.2 Å². The van der Waals surface area contributed by atoms with Crippen LogP contribution in [0.5, 0.6) is 0 Å². The standard InChI is InChI=1S/C78H116F2NO12P/c1-5-9-12-15-18-21-24-27-30-45-56-78(79,80)77(84)90-67(51-40-29-26-23-20-17-14-11-7-3)59-72(83)92-75-73(81-71(82)58-66(89-61-65-48-37-32-38-49-65)50-39-28-25-22-19-16-13-10-6-2)76(88-57-8-4)91-70(62-87-63-86-60-64-46-35-31-36-47-64)74(75)93-94(85,68-52-41-33-42-53-68)69-54-43-34-44-55-69/h8,31-38,41-44,46-49,52-55,66-67,70,73-76H,4-7,9-30,39-40,45,50-51,56-63H2,1-3H3,(H,81,82)/t66-,67-,70-,73-,74-,75-,76+/m1/s1. The predicted molar refractivity (Wildman–Crippen MR) is 373 cm³/mol. The highest BCUT2D eigenvalue weighted by molar-refractivity contribution is 7.74. The number of alkyl halides is 2. The Morgan fingerprint density at radius 1 is 0.564 bits per heavy atom. The van der Waals surface area contributed by atoms with Gasteiger partial charge in [0.25, 0.3) is 7.37 Å². The first-order valence-corrected chi connectivity index (χ1v) is 37.7. The fourth-order valence-corrected chi connectivity index (χ4v) is 14.3. The number of carbonyl (C=O) groups excluding carboxylic acids is 3. The summed E-state index contributed by atoms with van der Waals surface area (Å²) in [5.41, 5.74) is 1.86. The maximum Gasteiger partial charge on any atom is 0.377 e. The molecule has 0 aromatic heterocycles. The van der Waals surface area contributed by atoms with E-state index in [1.54, 1.807) is 60.7 Å². The number of ether oxygens (including phenoxy) is 7. The molecule has 0 spiro atoms. The van der Waals surface area contributed by atoms with Crippen LogP contribution in [0.1, 0.15) is 244 Å². The quantitative estimate of drug-likeness (QED) is 0.0147. The highest BCUT2D eigenvalue weighted by Crippen LogP contribution is 2.49. The van der Waals surface area contributed by atoms with Crippen molar-refractivity contribution in [1.29, 1.82) is 0 Å². The van der Waals surface area contributed by atoms with Gasteiger partial charge in [0, 0.05) is 17.0 Å². The Morgan fingerprint density at radius 3 is 1.50 bits per heavy atom. The molecule has 1 aliphatic heterocycles. The Kier molecular flexibility index (Phi) is 41.1. The first-order chi connectivity index (χ1) is 45.9. The number of halogens is 2. The molecule has 1 N–H and O–H groups in total. The lowest BCUT2D eigenvalue weighted by molar-refractivity contribution is -0.272. The minimum atomic E-state index is -4.21. The van der Waals surface area contributed by atoms with Gasteiger partial charge in [0.1, 0.15) is 31.1 Å². The molecule has 1 aliphatic rings. The molecule has 5 rings (SSSR count). The zero-order valence-electron chi connectivity index (χ0n) is 57.3. The molecule has 16 heteroatoms. The molecule has 4 aromatic rings. The molecular formula is C78H116F2NO12P. The summed E-state index contributed by atoms with van der Waals surface area (Å²) in [5.74, 6) is -6.90. The van der Waals surface area contributed by atoms with Crippen LogP contribution < -0.4 is 15.9 Å². The topological polar surface area (TPSA) is 154 Å². The van der Waals surface area contributed by atoms with Gasteiger partial charge in [0.15, 0.2) is 12.4 Å². The fraction of sp³-hybridized carbons (Fsp3) is 0.628. The van der Waals surface area contributed by atoms with Crippen molar-refractivity contribution < 1.29 is 65.4 Å². The molecule has 0 radical (unpaired) electrons. The van der Waals surface area contributed by atoms with Crippen molar-refractivity contribution in [3.63, 3.8) is 0 Å². The summed E-state index contributed by atoms with van der Waals surface area (Å²) in [7, 11) is -4.21. The van der Waals surface area contributed by atoms with Crippen LogP contribution >= 0.6 is 7.37 Å². The highest BCUT2D eigenvalue weighted by atomic mass is 31.2. The summed E-state index contributed by atoms with van der Waals surface area (Å²) in [6.07, 6.45) is 21.7. The molecular weight excluding hydrogens is 1210 g/mol. The van der Waals surface area contributed by atoms with Crippen molar-refractivity contribution in [2.45, 2.75) is 295 Å². The molecule has 1 fully saturated rings. The third-order valence-electron chi connectivity index (χ3n) is 17.5. The molecule has 0 unspecified atom stereocenters. The molecule has 1 amide bonds. The van der Waals surface area contributed by atoms with E-state index in [1.165, 1.54) is 76.7 Å². The van der Waals surface area contributed by atoms with Crippen LogP contribution in [-0.4, -0.2) is 86.6 Å². The lowest BCUT2D eigenvalue weighted by Crippen LogP contribution is -2.66. The number of unbranched alkanes of at least 4 members (excludes halogenated alkanes) is 25. The average Bonchev–Trinajstić information content (AvgIpc) is 0.773. The van der Waals surface area contributed by atoms with E-state index < -0.39 is 86.8 Å². The molecule has 1 heterocycles. The van der Waals surface area contributed by atoms with E-state index >= 15 is 22.9 Å². The van der Waals surface area contributed by atoms with Crippen molar-refractivity contribution in [3.05, 3.63) is 145 Å². The Hall–Kier alpha value is -5.12. The second-order valence-electron chi connectivity index (χ2n) is 25.6. The first-order valence-electron chi connectivity index (χ1n) is 36.1. The highest BCUT2D eigenvalue weighted by Gasteiger charge is 2.53. The maximum atomic E-state index is 16.2. The van der Waals surface area contributed by atoms with Gasteiger partial charge in [0.2, 0.25) is 5.91 Å². The van der Waals surface area contributed by atoms with E-state index in [0.29, 0.717) is 29.9 Å². The van der Waals surface area contributed by atoms with Crippen LogP contribution in [0.15, 0.2) is 134 Å². The Labute approximate surface area is 563 Å². The minimum Gasteiger partial charge on any atom is -0.457 e. The lowest BCUT2D eigenvalue weighted by atomic mass is 9.95. The molecule has 0 saturated carbocycles. The predicted octanol–water partition coefficient (Wildman–Crippen LogP) is 18.9.